The van der Waals surface area contributed by atoms with Crippen molar-refractivity contribution in [2.24, 2.45) is 0 Å². The van der Waals surface area contributed by atoms with Crippen LogP contribution in [-0.2, 0) is 12.8 Å². The van der Waals surface area contributed by atoms with Crippen molar-refractivity contribution >= 4 is 0 Å². The average Bonchev–Trinajstić information content (AvgIpc) is 3.21. The second kappa shape index (κ2) is 8.80. The third-order valence-electron chi connectivity index (χ3n) is 5.82. The fraction of sp³-hybridized carbons (Fsp3) is 0.522. The van der Waals surface area contributed by atoms with Crippen LogP contribution in [0.3, 0.4) is 0 Å². The second-order valence-corrected chi connectivity index (χ2v) is 8.19. The molecule has 1 saturated carbocycles. The van der Waals surface area contributed by atoms with Gasteiger partial charge < -0.3 is 4.57 Å². The summed E-state index contributed by atoms with van der Waals surface area (Å²) in [5.41, 5.74) is 3.09. The minimum atomic E-state index is 0.190. The second-order valence-electron chi connectivity index (χ2n) is 8.19. The summed E-state index contributed by atoms with van der Waals surface area (Å²) in [6.45, 7) is 6.34. The third kappa shape index (κ3) is 4.36. The molecular formula is C23H30N6. The van der Waals surface area contributed by atoms with E-state index in [1.165, 1.54) is 32.1 Å². The molecule has 6 heteroatoms. The SMILES string of the molecule is CCc1cccc(-c2nnc(C(C)Cc3ncc(C)cn3)n2C2CCCCC2)n1. The first-order chi connectivity index (χ1) is 14.2. The van der Waals surface area contributed by atoms with E-state index < -0.39 is 0 Å². The van der Waals surface area contributed by atoms with E-state index >= 15 is 0 Å². The van der Waals surface area contributed by atoms with E-state index in [0.717, 1.165) is 47.3 Å². The number of hydrogen-bond donors (Lipinski definition) is 0. The number of aromatic nitrogens is 6. The van der Waals surface area contributed by atoms with Crippen molar-refractivity contribution in [3.05, 3.63) is 53.5 Å². The zero-order valence-electron chi connectivity index (χ0n) is 17.7. The van der Waals surface area contributed by atoms with Crippen molar-refractivity contribution in [1.29, 1.82) is 0 Å². The summed E-state index contributed by atoms with van der Waals surface area (Å²) in [6, 6.07) is 6.64. The fourth-order valence-electron chi connectivity index (χ4n) is 4.20. The molecule has 0 spiro atoms. The molecule has 3 aromatic rings. The summed E-state index contributed by atoms with van der Waals surface area (Å²) in [5, 5.41) is 9.28. The zero-order valence-corrected chi connectivity index (χ0v) is 17.7. The van der Waals surface area contributed by atoms with Crippen LogP contribution in [0.2, 0.25) is 0 Å². The molecule has 3 aromatic heterocycles. The molecule has 0 aromatic carbocycles. The lowest BCUT2D eigenvalue weighted by Gasteiger charge is -2.27. The smallest absolute Gasteiger partial charge is 0.182 e. The van der Waals surface area contributed by atoms with Gasteiger partial charge in [-0.3, -0.25) is 0 Å². The fourth-order valence-corrected chi connectivity index (χ4v) is 4.20. The molecule has 152 valence electrons. The van der Waals surface area contributed by atoms with E-state index in [2.05, 4.69) is 56.8 Å². The highest BCUT2D eigenvalue weighted by molar-refractivity contribution is 5.50. The summed E-state index contributed by atoms with van der Waals surface area (Å²) >= 11 is 0. The van der Waals surface area contributed by atoms with Crippen molar-refractivity contribution < 1.29 is 0 Å². The molecule has 3 heterocycles. The van der Waals surface area contributed by atoms with Gasteiger partial charge in [0.15, 0.2) is 5.82 Å². The maximum atomic E-state index is 4.84. The Bertz CT molecular complexity index is 940. The van der Waals surface area contributed by atoms with Crippen LogP contribution in [0.4, 0.5) is 0 Å². The minimum absolute atomic E-state index is 0.190. The van der Waals surface area contributed by atoms with Crippen LogP contribution >= 0.6 is 0 Å². The highest BCUT2D eigenvalue weighted by atomic mass is 15.3. The van der Waals surface area contributed by atoms with E-state index in [1.807, 2.05) is 19.3 Å². The predicted octanol–water partition coefficient (Wildman–Crippen LogP) is 4.85. The first kappa shape index (κ1) is 19.7. The Kier molecular flexibility index (Phi) is 5.97. The van der Waals surface area contributed by atoms with Crippen molar-refractivity contribution in [2.45, 2.75) is 77.7 Å². The van der Waals surface area contributed by atoms with Crippen molar-refractivity contribution in [3.63, 3.8) is 0 Å². The molecule has 1 unspecified atom stereocenters. The van der Waals surface area contributed by atoms with Gasteiger partial charge in [-0.25, -0.2) is 15.0 Å². The Labute approximate surface area is 172 Å². The third-order valence-corrected chi connectivity index (χ3v) is 5.82. The first-order valence-corrected chi connectivity index (χ1v) is 10.8. The van der Waals surface area contributed by atoms with Gasteiger partial charge in [0.05, 0.1) is 0 Å². The van der Waals surface area contributed by atoms with Crippen LogP contribution < -0.4 is 0 Å². The van der Waals surface area contributed by atoms with Gasteiger partial charge in [0.25, 0.3) is 0 Å². The first-order valence-electron chi connectivity index (χ1n) is 10.8. The zero-order chi connectivity index (χ0) is 20.2. The summed E-state index contributed by atoms with van der Waals surface area (Å²) in [6.07, 6.45) is 11.6. The van der Waals surface area contributed by atoms with Gasteiger partial charge >= 0.3 is 0 Å². The summed E-state index contributed by atoms with van der Waals surface area (Å²) < 4.78 is 2.37. The largest absolute Gasteiger partial charge is 0.306 e. The standard InChI is InChI=1S/C23H30N6/c1-4-18-9-8-12-20(26-18)23-28-27-22(29(23)19-10-6-5-7-11-19)17(3)13-21-24-14-16(2)15-25-21/h8-9,12,14-15,17,19H,4-7,10-11,13H2,1-3H3. The topological polar surface area (TPSA) is 69.4 Å². The lowest BCUT2D eigenvalue weighted by atomic mass is 9.94. The maximum absolute atomic E-state index is 4.84. The Morgan fingerprint density at radius 3 is 2.55 bits per heavy atom. The molecule has 1 aliphatic carbocycles. The van der Waals surface area contributed by atoms with Crippen molar-refractivity contribution in [2.75, 3.05) is 0 Å². The molecule has 0 N–H and O–H groups in total. The normalized spacial score (nSPS) is 16.1. The number of hydrogen-bond acceptors (Lipinski definition) is 5. The Hall–Kier alpha value is -2.63. The summed E-state index contributed by atoms with van der Waals surface area (Å²) in [7, 11) is 0. The van der Waals surface area contributed by atoms with Crippen LogP contribution in [-0.4, -0.2) is 29.7 Å². The highest BCUT2D eigenvalue weighted by Gasteiger charge is 2.27. The van der Waals surface area contributed by atoms with Gasteiger partial charge in [-0.1, -0.05) is 39.2 Å². The quantitative estimate of drug-likeness (QED) is 0.601. The number of aryl methyl sites for hydroxylation is 2. The molecule has 0 aliphatic heterocycles. The lowest BCUT2D eigenvalue weighted by molar-refractivity contribution is 0.343. The summed E-state index contributed by atoms with van der Waals surface area (Å²) in [5.74, 6) is 2.97. The van der Waals surface area contributed by atoms with Crippen LogP contribution in [0.15, 0.2) is 30.6 Å². The Morgan fingerprint density at radius 1 is 1.07 bits per heavy atom. The van der Waals surface area contributed by atoms with Gasteiger partial charge in [0, 0.05) is 36.5 Å². The average molecular weight is 391 g/mol. The molecule has 1 atom stereocenters. The van der Waals surface area contributed by atoms with Gasteiger partial charge in [-0.05, 0) is 43.9 Å². The van der Waals surface area contributed by atoms with Crippen molar-refractivity contribution in [1.82, 2.24) is 29.7 Å². The molecule has 0 amide bonds. The minimum Gasteiger partial charge on any atom is -0.306 e. The molecule has 0 saturated heterocycles. The van der Waals surface area contributed by atoms with Gasteiger partial charge in [0.2, 0.25) is 0 Å². The Morgan fingerprint density at radius 2 is 1.83 bits per heavy atom. The Balaban J connectivity index is 1.70. The van der Waals surface area contributed by atoms with Crippen molar-refractivity contribution in [3.8, 4) is 11.5 Å². The van der Waals surface area contributed by atoms with Gasteiger partial charge in [-0.15, -0.1) is 10.2 Å². The molecule has 6 nitrogen and oxygen atoms in total. The molecule has 29 heavy (non-hydrogen) atoms. The van der Waals surface area contributed by atoms with Gasteiger partial charge in [0.1, 0.15) is 17.3 Å². The summed E-state index contributed by atoms with van der Waals surface area (Å²) in [4.78, 5) is 13.8. The monoisotopic (exact) mass is 390 g/mol. The van der Waals surface area contributed by atoms with E-state index in [-0.39, 0.29) is 5.92 Å². The number of pyridine rings is 1. The molecule has 1 aliphatic rings. The number of nitrogens with zero attached hydrogens (tertiary/aromatic N) is 6. The van der Waals surface area contributed by atoms with Crippen LogP contribution in [0.25, 0.3) is 11.5 Å². The van der Waals surface area contributed by atoms with Crippen LogP contribution in [0, 0.1) is 6.92 Å². The highest BCUT2D eigenvalue weighted by Crippen LogP contribution is 2.34. The molecular weight excluding hydrogens is 360 g/mol. The number of rotatable bonds is 6. The molecule has 4 rings (SSSR count). The van der Waals surface area contributed by atoms with E-state index in [4.69, 9.17) is 4.98 Å². The van der Waals surface area contributed by atoms with E-state index in [9.17, 15) is 0 Å². The van der Waals surface area contributed by atoms with E-state index in [1.54, 1.807) is 0 Å². The van der Waals surface area contributed by atoms with Crippen LogP contribution in [0.1, 0.15) is 80.8 Å². The molecule has 0 radical (unpaired) electrons. The molecule has 1 fully saturated rings. The van der Waals surface area contributed by atoms with Crippen LogP contribution in [0.5, 0.6) is 0 Å². The molecule has 0 bridgehead atoms. The van der Waals surface area contributed by atoms with Gasteiger partial charge in [-0.2, -0.15) is 0 Å². The van der Waals surface area contributed by atoms with E-state index in [0.29, 0.717) is 6.04 Å². The maximum Gasteiger partial charge on any atom is 0.182 e. The lowest BCUT2D eigenvalue weighted by Crippen LogP contribution is -2.19. The predicted molar refractivity (Wildman–Crippen MR) is 114 cm³/mol.